The summed E-state index contributed by atoms with van der Waals surface area (Å²) in [6, 6.07) is 14.6. The lowest BCUT2D eigenvalue weighted by atomic mass is 10.1. The van der Waals surface area contributed by atoms with Gasteiger partial charge in [-0.2, -0.15) is 4.98 Å². The van der Waals surface area contributed by atoms with Crippen LogP contribution < -0.4 is 10.6 Å². The molecule has 0 spiro atoms. The molecule has 3 rings (SSSR count). The number of aliphatic hydroxyl groups is 1. The summed E-state index contributed by atoms with van der Waals surface area (Å²) in [5.41, 5.74) is 3.47. The lowest BCUT2D eigenvalue weighted by Crippen LogP contribution is -2.21. The molecule has 3 aromatic rings. The molecule has 2 atom stereocenters. The lowest BCUT2D eigenvalue weighted by molar-refractivity contribution is 0.281. The fourth-order valence-corrected chi connectivity index (χ4v) is 3.47. The maximum absolute atomic E-state index is 11.8. The number of benzene rings is 2. The van der Waals surface area contributed by atoms with E-state index in [-0.39, 0.29) is 12.6 Å². The summed E-state index contributed by atoms with van der Waals surface area (Å²) in [5, 5.41) is 15.7. The third kappa shape index (κ3) is 6.30. The van der Waals surface area contributed by atoms with Crippen LogP contribution in [0.25, 0.3) is 0 Å². The Kier molecular flexibility index (Phi) is 7.46. The van der Waals surface area contributed by atoms with Gasteiger partial charge in [-0.3, -0.25) is 0 Å². The zero-order valence-electron chi connectivity index (χ0n) is 18.3. The number of anilines is 3. The van der Waals surface area contributed by atoms with Crippen molar-refractivity contribution in [1.29, 1.82) is 4.78 Å². The molecule has 1 aromatic heterocycles. The second-order valence-electron chi connectivity index (χ2n) is 7.48. The third-order valence-electron chi connectivity index (χ3n) is 4.71. The van der Waals surface area contributed by atoms with E-state index in [2.05, 4.69) is 51.5 Å². The minimum Gasteiger partial charge on any atom is -0.394 e. The Morgan fingerprint density at radius 1 is 1.12 bits per heavy atom. The highest BCUT2D eigenvalue weighted by Gasteiger charge is 2.10. The van der Waals surface area contributed by atoms with E-state index >= 15 is 0 Å². The summed E-state index contributed by atoms with van der Waals surface area (Å²) in [7, 11) is -2.76. The first kappa shape index (κ1) is 23.3. The Bertz CT molecular complexity index is 1230. The summed E-state index contributed by atoms with van der Waals surface area (Å²) < 4.78 is 19.5. The molecule has 4 N–H and O–H groups in total. The monoisotopic (exact) mass is 449 g/mol. The molecule has 0 aliphatic carbocycles. The average molecular weight is 450 g/mol. The van der Waals surface area contributed by atoms with Crippen LogP contribution in [0.15, 0.2) is 59.6 Å². The second-order valence-corrected chi connectivity index (χ2v) is 9.64. The molecule has 7 nitrogen and oxygen atoms in total. The van der Waals surface area contributed by atoms with E-state index in [4.69, 9.17) is 4.78 Å². The summed E-state index contributed by atoms with van der Waals surface area (Å²) in [5.74, 6) is 7.12. The highest BCUT2D eigenvalue weighted by molar-refractivity contribution is 7.91. The zero-order chi connectivity index (χ0) is 23.1. The van der Waals surface area contributed by atoms with Gasteiger partial charge in [-0.05, 0) is 55.3 Å². The van der Waals surface area contributed by atoms with Gasteiger partial charge in [0, 0.05) is 28.4 Å². The zero-order valence-corrected chi connectivity index (χ0v) is 19.2. The van der Waals surface area contributed by atoms with Gasteiger partial charge in [-0.15, -0.1) is 0 Å². The van der Waals surface area contributed by atoms with E-state index in [0.717, 1.165) is 12.0 Å². The molecule has 0 unspecified atom stereocenters. The number of hydrogen-bond donors (Lipinski definition) is 4. The van der Waals surface area contributed by atoms with Gasteiger partial charge in [-0.1, -0.05) is 30.9 Å². The van der Waals surface area contributed by atoms with E-state index in [9.17, 15) is 9.32 Å². The van der Waals surface area contributed by atoms with Crippen molar-refractivity contribution in [3.8, 4) is 11.8 Å². The van der Waals surface area contributed by atoms with Crippen LogP contribution in [0, 0.1) is 16.6 Å². The van der Waals surface area contributed by atoms with Gasteiger partial charge < -0.3 is 15.7 Å². The molecule has 0 radical (unpaired) electrons. The Labute approximate surface area is 189 Å². The van der Waals surface area contributed by atoms with Gasteiger partial charge in [0.05, 0.1) is 28.1 Å². The summed E-state index contributed by atoms with van der Waals surface area (Å²) in [4.78, 5) is 9.34. The van der Waals surface area contributed by atoms with Crippen molar-refractivity contribution in [3.05, 3.63) is 71.4 Å². The largest absolute Gasteiger partial charge is 0.394 e. The van der Waals surface area contributed by atoms with Crippen molar-refractivity contribution in [1.82, 2.24) is 9.97 Å². The first-order valence-corrected chi connectivity index (χ1v) is 12.2. The predicted molar refractivity (Wildman–Crippen MR) is 129 cm³/mol. The second kappa shape index (κ2) is 10.3. The van der Waals surface area contributed by atoms with Crippen LogP contribution in [-0.4, -0.2) is 38.2 Å². The van der Waals surface area contributed by atoms with Crippen molar-refractivity contribution < 1.29 is 9.32 Å². The Hall–Kier alpha value is -3.41. The number of rotatable bonds is 7. The lowest BCUT2D eigenvalue weighted by Gasteiger charge is -2.14. The summed E-state index contributed by atoms with van der Waals surface area (Å²) in [6.45, 7) is 3.90. The van der Waals surface area contributed by atoms with E-state index in [1.807, 2.05) is 19.1 Å². The van der Waals surface area contributed by atoms with E-state index in [1.54, 1.807) is 30.5 Å². The smallest absolute Gasteiger partial charge is 0.229 e. The maximum Gasteiger partial charge on any atom is 0.229 e. The van der Waals surface area contributed by atoms with Gasteiger partial charge in [0.2, 0.25) is 5.95 Å². The Morgan fingerprint density at radius 2 is 1.81 bits per heavy atom. The molecule has 0 saturated carbocycles. The minimum absolute atomic E-state index is 0.0526. The number of aliphatic hydroxyl groups excluding tert-OH is 1. The minimum atomic E-state index is -2.76. The highest BCUT2D eigenvalue weighted by Crippen LogP contribution is 2.20. The van der Waals surface area contributed by atoms with Gasteiger partial charge in [0.1, 0.15) is 5.82 Å². The molecule has 0 amide bonds. The molecular formula is C24H27N5O2S. The molecule has 32 heavy (non-hydrogen) atoms. The van der Waals surface area contributed by atoms with E-state index in [1.165, 1.54) is 11.8 Å². The van der Waals surface area contributed by atoms with Crippen LogP contribution in [0.4, 0.5) is 17.5 Å². The molecule has 2 aromatic carbocycles. The number of hydrogen-bond acceptors (Lipinski definition) is 7. The third-order valence-corrected chi connectivity index (χ3v) is 5.88. The molecule has 0 saturated heterocycles. The van der Waals surface area contributed by atoms with E-state index in [0.29, 0.717) is 27.9 Å². The Balaban J connectivity index is 1.86. The van der Waals surface area contributed by atoms with Gasteiger partial charge in [-0.25, -0.2) is 14.0 Å². The number of nitrogens with one attached hydrogen (secondary N) is 3. The van der Waals surface area contributed by atoms with Crippen molar-refractivity contribution in [3.63, 3.8) is 0 Å². The number of aryl methyl sites for hydroxylation is 1. The molecule has 0 fully saturated rings. The molecule has 166 valence electrons. The van der Waals surface area contributed by atoms with Gasteiger partial charge >= 0.3 is 0 Å². The normalized spacial score (nSPS) is 13.4. The summed E-state index contributed by atoms with van der Waals surface area (Å²) >= 11 is 0. The molecule has 0 aliphatic rings. The van der Waals surface area contributed by atoms with Gasteiger partial charge in [0.25, 0.3) is 0 Å². The first-order valence-electron chi connectivity index (χ1n) is 10.2. The quantitative estimate of drug-likeness (QED) is 0.406. The molecule has 1 heterocycles. The van der Waals surface area contributed by atoms with Gasteiger partial charge in [0.15, 0.2) is 0 Å². The van der Waals surface area contributed by atoms with Crippen LogP contribution in [0.1, 0.15) is 30.5 Å². The highest BCUT2D eigenvalue weighted by atomic mass is 32.2. The average Bonchev–Trinajstić information content (AvgIpc) is 2.78. The van der Waals surface area contributed by atoms with Crippen molar-refractivity contribution in [2.45, 2.75) is 31.2 Å². The van der Waals surface area contributed by atoms with Crippen molar-refractivity contribution >= 4 is 27.2 Å². The Morgan fingerprint density at radius 3 is 2.41 bits per heavy atom. The summed E-state index contributed by atoms with van der Waals surface area (Å²) in [6.07, 6.45) is 4.00. The van der Waals surface area contributed by atoms with Crippen LogP contribution in [0.5, 0.6) is 0 Å². The topological polar surface area (TPSA) is 111 Å². The molecular weight excluding hydrogens is 422 g/mol. The molecule has 8 heteroatoms. The fraction of sp³-hybridized carbons (Fsp3) is 0.250. The maximum atomic E-state index is 11.8. The predicted octanol–water partition coefficient (Wildman–Crippen LogP) is 4.01. The van der Waals surface area contributed by atoms with Crippen LogP contribution >= 0.6 is 0 Å². The first-order chi connectivity index (χ1) is 15.3. The van der Waals surface area contributed by atoms with Crippen LogP contribution in [0.2, 0.25) is 0 Å². The van der Waals surface area contributed by atoms with Crippen molar-refractivity contribution in [2.24, 2.45) is 0 Å². The number of nitrogens with zero attached hydrogens (tertiary/aromatic N) is 2. The molecule has 0 bridgehead atoms. The van der Waals surface area contributed by atoms with E-state index < -0.39 is 9.73 Å². The van der Waals surface area contributed by atoms with Crippen molar-refractivity contribution in [2.75, 3.05) is 23.5 Å². The SMILES string of the molecule is CCc1ccc(C#Cc2cnc(Nc3ccc([S@](C)(=N)=O)cc3)nc2N[C@H](C)CO)cc1. The van der Waals surface area contributed by atoms with Crippen LogP contribution in [0.3, 0.4) is 0 Å². The van der Waals surface area contributed by atoms with Crippen LogP contribution in [-0.2, 0) is 16.1 Å². The fourth-order valence-electron chi connectivity index (χ4n) is 2.81. The molecule has 0 aliphatic heterocycles. The standard InChI is InChI=1S/C24H27N5O2S/c1-4-18-5-7-19(8-6-18)9-10-20-15-26-24(29-23(20)27-17(2)16-30)28-21-11-13-22(14-12-21)32(3,25)31/h5-8,11-15,17,25,30H,4,16H2,1-3H3,(H2,26,27,28,29)/t17-,32-/m1/s1. The number of aromatic nitrogens is 2.